The van der Waals surface area contributed by atoms with Crippen molar-refractivity contribution in [3.8, 4) is 0 Å². The highest BCUT2D eigenvalue weighted by molar-refractivity contribution is 9.10. The van der Waals surface area contributed by atoms with E-state index in [0.717, 1.165) is 12.0 Å². The lowest BCUT2D eigenvalue weighted by atomic mass is 10.2. The third kappa shape index (κ3) is 2.76. The van der Waals surface area contributed by atoms with Crippen LogP contribution in [0.1, 0.15) is 12.0 Å². The predicted octanol–water partition coefficient (Wildman–Crippen LogP) is 2.09. The maximum absolute atomic E-state index is 13.1. The first-order chi connectivity index (χ1) is 8.08. The average molecular weight is 302 g/mol. The molecule has 1 heterocycles. The van der Waals surface area contributed by atoms with Crippen molar-refractivity contribution < 1.29 is 9.18 Å². The quantitative estimate of drug-likeness (QED) is 0.672. The number of hydrogen-bond donors (Lipinski definition) is 1. The molecule has 0 bridgehead atoms. The summed E-state index contributed by atoms with van der Waals surface area (Å²) in [6, 6.07) is 4.55. The molecule has 17 heavy (non-hydrogen) atoms. The Labute approximate surface area is 107 Å². The molecule has 2 N–H and O–H groups in total. The number of rotatable bonds is 2. The summed E-state index contributed by atoms with van der Waals surface area (Å²) in [7, 11) is 0. The average Bonchev–Trinajstić information content (AvgIpc) is 2.30. The van der Waals surface area contributed by atoms with Gasteiger partial charge in [0.25, 0.3) is 0 Å². The lowest BCUT2D eigenvalue weighted by molar-refractivity contribution is 0.127. The second-order valence-corrected chi connectivity index (χ2v) is 4.85. The molecule has 1 aromatic carbocycles. The number of amides is 2. The van der Waals surface area contributed by atoms with Gasteiger partial charge in [-0.05, 0) is 40.0 Å². The van der Waals surface area contributed by atoms with Crippen LogP contribution in [0.15, 0.2) is 22.7 Å². The van der Waals surface area contributed by atoms with Crippen molar-refractivity contribution in [2.75, 3.05) is 13.1 Å². The highest BCUT2D eigenvalue weighted by atomic mass is 79.9. The van der Waals surface area contributed by atoms with Gasteiger partial charge in [0.1, 0.15) is 5.82 Å². The van der Waals surface area contributed by atoms with E-state index in [2.05, 4.69) is 15.9 Å². The maximum Gasteiger partial charge on any atom is 0.334 e. The first-order valence-electron chi connectivity index (χ1n) is 5.33. The van der Waals surface area contributed by atoms with E-state index in [-0.39, 0.29) is 11.8 Å². The van der Waals surface area contributed by atoms with Crippen LogP contribution in [0.4, 0.5) is 9.18 Å². The molecule has 0 saturated carbocycles. The number of hydrogen-bond acceptors (Lipinski definition) is 2. The molecule has 1 fully saturated rings. The molecule has 0 unspecified atom stereocenters. The van der Waals surface area contributed by atoms with Crippen LogP contribution in [0.2, 0.25) is 0 Å². The summed E-state index contributed by atoms with van der Waals surface area (Å²) in [6.45, 7) is 1.72. The molecular weight excluding hydrogens is 289 g/mol. The van der Waals surface area contributed by atoms with Gasteiger partial charge >= 0.3 is 6.03 Å². The van der Waals surface area contributed by atoms with Crippen LogP contribution < -0.4 is 5.84 Å². The van der Waals surface area contributed by atoms with Crippen molar-refractivity contribution in [1.29, 1.82) is 0 Å². The standard InChI is InChI=1S/C11H13BrFN3O/c12-9-6-8(2-3-10(9)13)7-15-4-1-5-16(14)11(15)17/h2-3,6H,1,4-5,7,14H2. The molecule has 4 nitrogen and oxygen atoms in total. The first kappa shape index (κ1) is 12.3. The largest absolute Gasteiger partial charge is 0.334 e. The normalized spacial score (nSPS) is 16.5. The van der Waals surface area contributed by atoms with Crippen LogP contribution in [0.5, 0.6) is 0 Å². The van der Waals surface area contributed by atoms with Gasteiger partial charge in [0.2, 0.25) is 0 Å². The van der Waals surface area contributed by atoms with E-state index in [1.165, 1.54) is 11.1 Å². The molecule has 6 heteroatoms. The molecule has 1 aliphatic heterocycles. The number of carbonyl (C=O) groups excluding carboxylic acids is 1. The molecule has 0 spiro atoms. The Bertz CT molecular complexity index is 441. The van der Waals surface area contributed by atoms with E-state index in [1.807, 2.05) is 0 Å². The van der Waals surface area contributed by atoms with Crippen molar-refractivity contribution in [2.45, 2.75) is 13.0 Å². The molecule has 0 aliphatic carbocycles. The smallest absolute Gasteiger partial charge is 0.319 e. The molecule has 1 aliphatic rings. The van der Waals surface area contributed by atoms with Gasteiger partial charge in [-0.2, -0.15) is 0 Å². The minimum atomic E-state index is -0.306. The third-order valence-corrected chi connectivity index (χ3v) is 3.31. The number of hydrazine groups is 1. The second-order valence-electron chi connectivity index (χ2n) is 4.00. The summed E-state index contributed by atoms with van der Waals surface area (Å²) in [6.07, 6.45) is 0.852. The molecule has 0 aromatic heterocycles. The van der Waals surface area contributed by atoms with Gasteiger partial charge in [-0.1, -0.05) is 6.07 Å². The van der Waals surface area contributed by atoms with Gasteiger partial charge in [0, 0.05) is 19.6 Å². The number of halogens is 2. The molecule has 1 saturated heterocycles. The fraction of sp³-hybridized carbons (Fsp3) is 0.364. The summed E-state index contributed by atoms with van der Waals surface area (Å²) in [5.41, 5.74) is 0.877. The highest BCUT2D eigenvalue weighted by Crippen LogP contribution is 2.19. The van der Waals surface area contributed by atoms with Gasteiger partial charge in [-0.3, -0.25) is 5.01 Å². The summed E-state index contributed by atoms with van der Waals surface area (Å²) in [4.78, 5) is 13.4. The van der Waals surface area contributed by atoms with Gasteiger partial charge in [0.15, 0.2) is 0 Å². The molecule has 2 amide bonds. The Hall–Kier alpha value is -1.14. The SMILES string of the molecule is NN1CCCN(Cc2ccc(F)c(Br)c2)C1=O. The molecule has 2 rings (SSSR count). The van der Waals surface area contributed by atoms with Crippen molar-refractivity contribution in [3.05, 3.63) is 34.1 Å². The van der Waals surface area contributed by atoms with E-state index in [9.17, 15) is 9.18 Å². The van der Waals surface area contributed by atoms with Crippen LogP contribution in [-0.2, 0) is 6.54 Å². The molecule has 1 aromatic rings. The number of nitrogens with zero attached hydrogens (tertiary/aromatic N) is 2. The van der Waals surface area contributed by atoms with E-state index in [0.29, 0.717) is 24.1 Å². The lowest BCUT2D eigenvalue weighted by Crippen LogP contribution is -2.52. The molecule has 0 atom stereocenters. The zero-order chi connectivity index (χ0) is 12.4. The molecule has 92 valence electrons. The zero-order valence-corrected chi connectivity index (χ0v) is 10.8. The summed E-state index contributed by atoms with van der Waals surface area (Å²) >= 11 is 3.12. The fourth-order valence-electron chi connectivity index (χ4n) is 1.81. The van der Waals surface area contributed by atoms with Crippen LogP contribution in [0.25, 0.3) is 0 Å². The van der Waals surface area contributed by atoms with Crippen LogP contribution >= 0.6 is 15.9 Å². The van der Waals surface area contributed by atoms with E-state index < -0.39 is 0 Å². The predicted molar refractivity (Wildman–Crippen MR) is 65.4 cm³/mol. The monoisotopic (exact) mass is 301 g/mol. The van der Waals surface area contributed by atoms with Crippen LogP contribution in [-0.4, -0.2) is 29.0 Å². The zero-order valence-electron chi connectivity index (χ0n) is 9.20. The van der Waals surface area contributed by atoms with E-state index in [1.54, 1.807) is 17.0 Å². The van der Waals surface area contributed by atoms with Gasteiger partial charge in [-0.25, -0.2) is 15.0 Å². The number of urea groups is 1. The van der Waals surface area contributed by atoms with Crippen molar-refractivity contribution in [2.24, 2.45) is 5.84 Å². The minimum absolute atomic E-state index is 0.184. The maximum atomic E-state index is 13.1. The molecular formula is C11H13BrFN3O. The summed E-state index contributed by atoms with van der Waals surface area (Å²) in [5.74, 6) is 5.24. The van der Waals surface area contributed by atoms with Crippen molar-refractivity contribution >= 4 is 22.0 Å². The van der Waals surface area contributed by atoms with Crippen molar-refractivity contribution in [1.82, 2.24) is 9.91 Å². The van der Waals surface area contributed by atoms with Gasteiger partial charge < -0.3 is 4.90 Å². The van der Waals surface area contributed by atoms with Crippen LogP contribution in [0.3, 0.4) is 0 Å². The topological polar surface area (TPSA) is 49.6 Å². The fourth-order valence-corrected chi connectivity index (χ4v) is 2.24. The number of carbonyl (C=O) groups is 1. The lowest BCUT2D eigenvalue weighted by Gasteiger charge is -2.32. The minimum Gasteiger partial charge on any atom is -0.319 e. The van der Waals surface area contributed by atoms with E-state index in [4.69, 9.17) is 5.84 Å². The van der Waals surface area contributed by atoms with Gasteiger partial charge in [0.05, 0.1) is 4.47 Å². The number of benzene rings is 1. The Morgan fingerprint density at radius 1 is 1.41 bits per heavy atom. The Morgan fingerprint density at radius 3 is 2.88 bits per heavy atom. The second kappa shape index (κ2) is 5.01. The van der Waals surface area contributed by atoms with Gasteiger partial charge in [-0.15, -0.1) is 0 Å². The summed E-state index contributed by atoms with van der Waals surface area (Å²) in [5, 5.41) is 1.21. The number of nitrogens with two attached hydrogens (primary N) is 1. The highest BCUT2D eigenvalue weighted by Gasteiger charge is 2.23. The van der Waals surface area contributed by atoms with E-state index >= 15 is 0 Å². The van der Waals surface area contributed by atoms with Crippen LogP contribution in [0, 0.1) is 5.82 Å². The Kier molecular flexibility index (Phi) is 3.63. The Morgan fingerprint density at radius 2 is 2.18 bits per heavy atom. The third-order valence-electron chi connectivity index (χ3n) is 2.70. The molecule has 0 radical (unpaired) electrons. The first-order valence-corrected chi connectivity index (χ1v) is 6.12. The Balaban J connectivity index is 2.09. The van der Waals surface area contributed by atoms with Crippen molar-refractivity contribution in [3.63, 3.8) is 0 Å². The summed E-state index contributed by atoms with van der Waals surface area (Å²) < 4.78 is 13.5.